The molecule has 0 aliphatic rings. The van der Waals surface area contributed by atoms with Gasteiger partial charge >= 0.3 is 0 Å². The maximum atomic E-state index is 11.7. The molecular weight excluding hydrogens is 300 g/mol. The topological polar surface area (TPSA) is 73.1 Å². The van der Waals surface area contributed by atoms with Gasteiger partial charge in [0.2, 0.25) is 11.8 Å². The van der Waals surface area contributed by atoms with E-state index in [1.165, 1.54) is 13.8 Å². The lowest BCUT2D eigenvalue weighted by atomic mass is 10.1. The predicted octanol–water partition coefficient (Wildman–Crippen LogP) is 2.68. The third-order valence-electron chi connectivity index (χ3n) is 3.19. The van der Waals surface area contributed by atoms with E-state index in [1.807, 2.05) is 30.3 Å². The van der Waals surface area contributed by atoms with Gasteiger partial charge in [-0.1, -0.05) is 30.3 Å². The van der Waals surface area contributed by atoms with Gasteiger partial charge in [-0.15, -0.1) is 21.8 Å². The van der Waals surface area contributed by atoms with Crippen LogP contribution in [-0.2, 0) is 14.6 Å². The number of hydrogen-bond acceptors (Lipinski definition) is 5. The van der Waals surface area contributed by atoms with E-state index in [0.717, 1.165) is 11.8 Å². The van der Waals surface area contributed by atoms with Gasteiger partial charge in [0, 0.05) is 6.26 Å². The summed E-state index contributed by atoms with van der Waals surface area (Å²) in [6.45, 7) is 3.04. The molecule has 1 aromatic carbocycles. The van der Waals surface area contributed by atoms with Crippen LogP contribution >= 0.6 is 11.6 Å². The summed E-state index contributed by atoms with van der Waals surface area (Å²) in [7, 11) is -3.37. The first-order chi connectivity index (χ1) is 9.23. The van der Waals surface area contributed by atoms with Crippen LogP contribution < -0.4 is 0 Å². The van der Waals surface area contributed by atoms with Crippen molar-refractivity contribution >= 4 is 21.4 Å². The zero-order valence-electron chi connectivity index (χ0n) is 11.4. The second-order valence-electron chi connectivity index (χ2n) is 5.00. The Bertz CT molecular complexity index is 695. The number of rotatable bonds is 4. The second kappa shape index (κ2) is 5.18. The van der Waals surface area contributed by atoms with Crippen LogP contribution in [-0.4, -0.2) is 24.9 Å². The van der Waals surface area contributed by atoms with Crippen molar-refractivity contribution in [2.75, 3.05) is 6.26 Å². The van der Waals surface area contributed by atoms with Crippen LogP contribution in [0, 0.1) is 0 Å². The first-order valence-electron chi connectivity index (χ1n) is 5.96. The largest absolute Gasteiger partial charge is 0.422 e. The maximum absolute atomic E-state index is 11.7. The molecule has 0 aliphatic carbocycles. The third-order valence-corrected chi connectivity index (χ3v) is 5.66. The summed E-state index contributed by atoms with van der Waals surface area (Å²) in [6, 6.07) is 9.25. The minimum Gasteiger partial charge on any atom is -0.422 e. The number of nitrogens with zero attached hydrogens (tertiary/aromatic N) is 2. The average Bonchev–Trinajstić information content (AvgIpc) is 2.87. The summed E-state index contributed by atoms with van der Waals surface area (Å²) < 4.78 is 27.7. The number of alkyl halides is 1. The van der Waals surface area contributed by atoms with Crippen LogP contribution in [0.3, 0.4) is 0 Å². The van der Waals surface area contributed by atoms with Gasteiger partial charge < -0.3 is 4.42 Å². The molecule has 0 spiro atoms. The lowest BCUT2D eigenvalue weighted by Gasteiger charge is -2.17. The van der Waals surface area contributed by atoms with Crippen LogP contribution in [0.1, 0.15) is 36.6 Å². The average molecular weight is 315 g/mol. The normalized spacial score (nSPS) is 14.2. The highest BCUT2D eigenvalue weighted by atomic mass is 35.5. The summed E-state index contributed by atoms with van der Waals surface area (Å²) in [5.41, 5.74) is 0.807. The van der Waals surface area contributed by atoms with Gasteiger partial charge in [-0.25, -0.2) is 8.42 Å². The highest BCUT2D eigenvalue weighted by molar-refractivity contribution is 7.91. The molecular formula is C13H15ClN2O3S. The van der Waals surface area contributed by atoms with Crippen molar-refractivity contribution in [1.29, 1.82) is 0 Å². The Morgan fingerprint density at radius 1 is 1.20 bits per heavy atom. The molecule has 0 saturated carbocycles. The van der Waals surface area contributed by atoms with E-state index in [1.54, 1.807) is 0 Å². The van der Waals surface area contributed by atoms with Crippen LogP contribution in [0.2, 0.25) is 0 Å². The van der Waals surface area contributed by atoms with Crippen molar-refractivity contribution in [3.8, 4) is 0 Å². The lowest BCUT2D eigenvalue weighted by molar-refractivity contribution is 0.408. The van der Waals surface area contributed by atoms with Crippen LogP contribution in [0.25, 0.3) is 0 Å². The molecule has 0 fully saturated rings. The Kier molecular flexibility index (Phi) is 3.88. The fourth-order valence-electron chi connectivity index (χ4n) is 1.50. The van der Waals surface area contributed by atoms with Crippen LogP contribution in [0.4, 0.5) is 0 Å². The maximum Gasteiger partial charge on any atom is 0.238 e. The number of halogens is 1. The molecule has 2 aromatic rings. The van der Waals surface area contributed by atoms with Crippen molar-refractivity contribution in [2.45, 2.75) is 24.0 Å². The Labute approximate surface area is 122 Å². The van der Waals surface area contributed by atoms with Crippen molar-refractivity contribution in [3.05, 3.63) is 47.7 Å². The summed E-state index contributed by atoms with van der Waals surface area (Å²) in [5, 5.41) is 7.08. The van der Waals surface area contributed by atoms with Gasteiger partial charge in [0.25, 0.3) is 0 Å². The molecule has 0 radical (unpaired) electrons. The third kappa shape index (κ3) is 2.71. The Morgan fingerprint density at radius 3 is 2.35 bits per heavy atom. The molecule has 20 heavy (non-hydrogen) atoms. The summed E-state index contributed by atoms with van der Waals surface area (Å²) in [5.74, 6) is 0.223. The van der Waals surface area contributed by atoms with E-state index in [0.29, 0.717) is 0 Å². The molecule has 5 nitrogen and oxygen atoms in total. The first-order valence-corrected chi connectivity index (χ1v) is 8.29. The van der Waals surface area contributed by atoms with Crippen LogP contribution in [0.15, 0.2) is 34.7 Å². The smallest absolute Gasteiger partial charge is 0.238 e. The summed E-state index contributed by atoms with van der Waals surface area (Å²) in [6.07, 6.45) is 1.13. The standard InChI is InChI=1S/C13H15ClN2O3S/c1-13(2,20(3,17)18)12-16-15-11(19-12)10(14)9-7-5-4-6-8-9/h4-8,10H,1-3H3. The predicted molar refractivity (Wildman–Crippen MR) is 76.3 cm³/mol. The minimum atomic E-state index is -3.37. The molecule has 0 bridgehead atoms. The van der Waals surface area contributed by atoms with Crippen molar-refractivity contribution in [3.63, 3.8) is 0 Å². The van der Waals surface area contributed by atoms with E-state index in [4.69, 9.17) is 16.0 Å². The molecule has 1 atom stereocenters. The fraction of sp³-hybridized carbons (Fsp3) is 0.385. The zero-order chi connectivity index (χ0) is 15.0. The molecule has 7 heteroatoms. The van der Waals surface area contributed by atoms with Crippen molar-refractivity contribution in [2.24, 2.45) is 0 Å². The van der Waals surface area contributed by atoms with Gasteiger partial charge in [0.15, 0.2) is 9.84 Å². The van der Waals surface area contributed by atoms with Gasteiger partial charge in [0.1, 0.15) is 10.1 Å². The molecule has 2 rings (SSSR count). The second-order valence-corrected chi connectivity index (χ2v) is 8.00. The molecule has 108 valence electrons. The monoisotopic (exact) mass is 314 g/mol. The minimum absolute atomic E-state index is 0.0385. The van der Waals surface area contributed by atoms with Gasteiger partial charge in [-0.2, -0.15) is 0 Å². The van der Waals surface area contributed by atoms with Crippen molar-refractivity contribution < 1.29 is 12.8 Å². The first kappa shape index (κ1) is 15.0. The van der Waals surface area contributed by atoms with Gasteiger partial charge in [0.05, 0.1) is 0 Å². The van der Waals surface area contributed by atoms with E-state index in [2.05, 4.69) is 10.2 Å². The molecule has 1 aromatic heterocycles. The summed E-state index contributed by atoms with van der Waals surface area (Å²) in [4.78, 5) is 0. The molecule has 0 amide bonds. The molecule has 0 aliphatic heterocycles. The van der Waals surface area contributed by atoms with E-state index in [-0.39, 0.29) is 11.8 Å². The lowest BCUT2D eigenvalue weighted by Crippen LogP contribution is -2.28. The number of benzene rings is 1. The van der Waals surface area contributed by atoms with Gasteiger partial charge in [-0.05, 0) is 19.4 Å². The Morgan fingerprint density at radius 2 is 1.80 bits per heavy atom. The highest BCUT2D eigenvalue weighted by Crippen LogP contribution is 2.32. The number of hydrogen-bond donors (Lipinski definition) is 0. The number of sulfone groups is 1. The van der Waals surface area contributed by atoms with E-state index in [9.17, 15) is 8.42 Å². The zero-order valence-corrected chi connectivity index (χ0v) is 12.9. The quantitative estimate of drug-likeness (QED) is 0.811. The Hall–Kier alpha value is -1.40. The van der Waals surface area contributed by atoms with Gasteiger partial charge in [-0.3, -0.25) is 0 Å². The summed E-state index contributed by atoms with van der Waals surface area (Å²) >= 11 is 6.26. The van der Waals surface area contributed by atoms with E-state index >= 15 is 0 Å². The number of aromatic nitrogens is 2. The fourth-order valence-corrected chi connectivity index (χ4v) is 2.14. The Balaban J connectivity index is 2.35. The van der Waals surface area contributed by atoms with Crippen molar-refractivity contribution in [1.82, 2.24) is 10.2 Å². The SMILES string of the molecule is CC(C)(c1nnc(C(Cl)c2ccccc2)o1)S(C)(=O)=O. The molecule has 1 heterocycles. The highest BCUT2D eigenvalue weighted by Gasteiger charge is 2.38. The molecule has 1 unspecified atom stereocenters. The molecule has 0 saturated heterocycles. The van der Waals surface area contributed by atoms with Crippen LogP contribution in [0.5, 0.6) is 0 Å². The molecule has 0 N–H and O–H groups in total. The van der Waals surface area contributed by atoms with E-state index < -0.39 is 20.0 Å².